The third-order valence-corrected chi connectivity index (χ3v) is 4.89. The Morgan fingerprint density at radius 1 is 1.33 bits per heavy atom. The third kappa shape index (κ3) is 3.80. The number of hydrogen-bond acceptors (Lipinski definition) is 2. The lowest BCUT2D eigenvalue weighted by atomic mass is 9.87. The van der Waals surface area contributed by atoms with Crippen molar-refractivity contribution in [2.24, 2.45) is 11.3 Å². The van der Waals surface area contributed by atoms with Gasteiger partial charge in [-0.25, -0.2) is 0 Å². The van der Waals surface area contributed by atoms with Crippen molar-refractivity contribution in [2.45, 2.75) is 47.5 Å². The standard InChI is InChI=1S/C20H30N2O2/c1-6-22(17-11-7-9-15(2)13-17)19(24)20(4,5)18(23)21-12-8-10-16(3)14-21/h7,9,11,13,16H,6,8,10,12,14H2,1-5H3. The molecule has 24 heavy (non-hydrogen) atoms. The summed E-state index contributed by atoms with van der Waals surface area (Å²) in [6, 6.07) is 7.87. The molecule has 0 aliphatic carbocycles. The van der Waals surface area contributed by atoms with Crippen LogP contribution in [0.15, 0.2) is 24.3 Å². The smallest absolute Gasteiger partial charge is 0.242 e. The molecular formula is C20H30N2O2. The molecule has 0 aromatic heterocycles. The van der Waals surface area contributed by atoms with Crippen LogP contribution in [-0.2, 0) is 9.59 Å². The molecule has 0 N–H and O–H groups in total. The van der Waals surface area contributed by atoms with Gasteiger partial charge in [-0.05, 0) is 64.2 Å². The lowest BCUT2D eigenvalue weighted by Crippen LogP contribution is -2.53. The molecule has 2 amide bonds. The van der Waals surface area contributed by atoms with E-state index in [1.165, 1.54) is 0 Å². The molecule has 1 fully saturated rings. The first kappa shape index (κ1) is 18.5. The fourth-order valence-corrected chi connectivity index (χ4v) is 3.44. The first-order chi connectivity index (χ1) is 11.3. The summed E-state index contributed by atoms with van der Waals surface area (Å²) in [5.74, 6) is 0.330. The van der Waals surface area contributed by atoms with Crippen LogP contribution in [-0.4, -0.2) is 36.3 Å². The van der Waals surface area contributed by atoms with Crippen molar-refractivity contribution in [3.8, 4) is 0 Å². The van der Waals surface area contributed by atoms with Crippen molar-refractivity contribution in [1.82, 2.24) is 4.90 Å². The minimum absolute atomic E-state index is 0.0508. The molecule has 1 aromatic carbocycles. The van der Waals surface area contributed by atoms with Crippen LogP contribution in [0.3, 0.4) is 0 Å². The van der Waals surface area contributed by atoms with Gasteiger partial charge in [-0.15, -0.1) is 0 Å². The minimum Gasteiger partial charge on any atom is -0.342 e. The summed E-state index contributed by atoms with van der Waals surface area (Å²) < 4.78 is 0. The fourth-order valence-electron chi connectivity index (χ4n) is 3.44. The molecule has 0 radical (unpaired) electrons. The Hall–Kier alpha value is -1.84. The number of carbonyl (C=O) groups excluding carboxylic acids is 2. The highest BCUT2D eigenvalue weighted by molar-refractivity contribution is 6.11. The first-order valence-electron chi connectivity index (χ1n) is 8.95. The second kappa shape index (κ2) is 7.37. The molecule has 1 aromatic rings. The van der Waals surface area contributed by atoms with Crippen LogP contribution in [0.5, 0.6) is 0 Å². The van der Waals surface area contributed by atoms with E-state index in [2.05, 4.69) is 6.92 Å². The van der Waals surface area contributed by atoms with Crippen LogP contribution in [0.1, 0.15) is 46.1 Å². The third-order valence-electron chi connectivity index (χ3n) is 4.89. The van der Waals surface area contributed by atoms with Crippen molar-refractivity contribution in [3.05, 3.63) is 29.8 Å². The molecule has 4 heteroatoms. The van der Waals surface area contributed by atoms with Gasteiger partial charge in [-0.3, -0.25) is 9.59 Å². The van der Waals surface area contributed by atoms with Gasteiger partial charge in [0.15, 0.2) is 0 Å². The Kier molecular flexibility index (Phi) is 5.68. The quantitative estimate of drug-likeness (QED) is 0.791. The second-order valence-electron chi connectivity index (χ2n) is 7.51. The minimum atomic E-state index is -1.04. The predicted molar refractivity (Wildman–Crippen MR) is 98.0 cm³/mol. The van der Waals surface area contributed by atoms with E-state index >= 15 is 0 Å². The Balaban J connectivity index is 2.22. The number of piperidine rings is 1. The van der Waals surface area contributed by atoms with E-state index in [9.17, 15) is 9.59 Å². The van der Waals surface area contributed by atoms with Crippen LogP contribution in [0.25, 0.3) is 0 Å². The Bertz CT molecular complexity index is 609. The van der Waals surface area contributed by atoms with Gasteiger partial charge in [-0.1, -0.05) is 19.1 Å². The number of amides is 2. The van der Waals surface area contributed by atoms with E-state index in [-0.39, 0.29) is 11.8 Å². The van der Waals surface area contributed by atoms with E-state index in [4.69, 9.17) is 0 Å². The van der Waals surface area contributed by atoms with Gasteiger partial charge < -0.3 is 9.80 Å². The summed E-state index contributed by atoms with van der Waals surface area (Å²) in [4.78, 5) is 29.7. The van der Waals surface area contributed by atoms with Crippen molar-refractivity contribution in [3.63, 3.8) is 0 Å². The maximum absolute atomic E-state index is 13.2. The SMILES string of the molecule is CCN(C(=O)C(C)(C)C(=O)N1CCCC(C)C1)c1cccc(C)c1. The maximum atomic E-state index is 13.2. The number of rotatable bonds is 4. The topological polar surface area (TPSA) is 40.6 Å². The fraction of sp³-hybridized carbons (Fsp3) is 0.600. The largest absolute Gasteiger partial charge is 0.342 e. The molecule has 0 saturated carbocycles. The van der Waals surface area contributed by atoms with Gasteiger partial charge in [0.05, 0.1) is 0 Å². The Morgan fingerprint density at radius 3 is 2.62 bits per heavy atom. The molecule has 2 rings (SSSR count). The highest BCUT2D eigenvalue weighted by atomic mass is 16.2. The number of likely N-dealkylation sites (tertiary alicyclic amines) is 1. The van der Waals surface area contributed by atoms with Crippen LogP contribution in [0.4, 0.5) is 5.69 Å². The number of anilines is 1. The zero-order valence-corrected chi connectivity index (χ0v) is 15.6. The van der Waals surface area contributed by atoms with Crippen LogP contribution < -0.4 is 4.90 Å². The van der Waals surface area contributed by atoms with Crippen molar-refractivity contribution in [1.29, 1.82) is 0 Å². The van der Waals surface area contributed by atoms with E-state index in [0.717, 1.165) is 37.2 Å². The average molecular weight is 330 g/mol. The summed E-state index contributed by atoms with van der Waals surface area (Å²) in [6.45, 7) is 11.7. The van der Waals surface area contributed by atoms with E-state index in [1.807, 2.05) is 43.0 Å². The monoisotopic (exact) mass is 330 g/mol. The Morgan fingerprint density at radius 2 is 2.04 bits per heavy atom. The van der Waals surface area contributed by atoms with Crippen LogP contribution in [0, 0.1) is 18.3 Å². The van der Waals surface area contributed by atoms with Gasteiger partial charge in [0, 0.05) is 25.3 Å². The summed E-state index contributed by atoms with van der Waals surface area (Å²) in [6.07, 6.45) is 2.18. The summed E-state index contributed by atoms with van der Waals surface area (Å²) in [5.41, 5.74) is 0.916. The molecule has 132 valence electrons. The van der Waals surface area contributed by atoms with Crippen molar-refractivity contribution in [2.75, 3.05) is 24.5 Å². The lowest BCUT2D eigenvalue weighted by Gasteiger charge is -2.38. The number of nitrogens with zero attached hydrogens (tertiary/aromatic N) is 2. The highest BCUT2D eigenvalue weighted by Gasteiger charge is 2.42. The number of hydrogen-bond donors (Lipinski definition) is 0. The summed E-state index contributed by atoms with van der Waals surface area (Å²) in [7, 11) is 0. The molecule has 1 aliphatic heterocycles. The van der Waals surface area contributed by atoms with Gasteiger partial charge in [0.25, 0.3) is 0 Å². The molecular weight excluding hydrogens is 300 g/mol. The Labute approximate surface area is 145 Å². The van der Waals surface area contributed by atoms with Gasteiger partial charge in [0.1, 0.15) is 5.41 Å². The summed E-state index contributed by atoms with van der Waals surface area (Å²) in [5, 5.41) is 0. The summed E-state index contributed by atoms with van der Waals surface area (Å²) >= 11 is 0. The molecule has 0 bridgehead atoms. The average Bonchev–Trinajstić information content (AvgIpc) is 2.54. The zero-order valence-electron chi connectivity index (χ0n) is 15.6. The lowest BCUT2D eigenvalue weighted by molar-refractivity contribution is -0.148. The number of benzene rings is 1. The predicted octanol–water partition coefficient (Wildman–Crippen LogP) is 3.63. The first-order valence-corrected chi connectivity index (χ1v) is 8.95. The molecule has 1 heterocycles. The van der Waals surface area contributed by atoms with Gasteiger partial charge >= 0.3 is 0 Å². The molecule has 0 spiro atoms. The molecule has 1 saturated heterocycles. The normalized spacial score (nSPS) is 18.4. The molecule has 4 nitrogen and oxygen atoms in total. The number of aryl methyl sites for hydroxylation is 1. The van der Waals surface area contributed by atoms with Crippen LogP contribution >= 0.6 is 0 Å². The van der Waals surface area contributed by atoms with E-state index < -0.39 is 5.41 Å². The molecule has 1 atom stereocenters. The van der Waals surface area contributed by atoms with Gasteiger partial charge in [-0.2, -0.15) is 0 Å². The number of carbonyl (C=O) groups is 2. The van der Waals surface area contributed by atoms with E-state index in [1.54, 1.807) is 18.7 Å². The second-order valence-corrected chi connectivity index (χ2v) is 7.51. The molecule has 1 aliphatic rings. The highest BCUT2D eigenvalue weighted by Crippen LogP contribution is 2.28. The zero-order chi connectivity index (χ0) is 17.9. The van der Waals surface area contributed by atoms with Crippen LogP contribution in [0.2, 0.25) is 0 Å². The van der Waals surface area contributed by atoms with E-state index in [0.29, 0.717) is 12.5 Å². The van der Waals surface area contributed by atoms with Crippen molar-refractivity contribution >= 4 is 17.5 Å². The van der Waals surface area contributed by atoms with Gasteiger partial charge in [0.2, 0.25) is 11.8 Å². The molecule has 1 unspecified atom stereocenters. The van der Waals surface area contributed by atoms with Crippen molar-refractivity contribution < 1.29 is 9.59 Å². The maximum Gasteiger partial charge on any atom is 0.242 e.